The molecule has 0 aromatic heterocycles. The van der Waals surface area contributed by atoms with Gasteiger partial charge in [0.05, 0.1) is 17.8 Å². The predicted octanol–water partition coefficient (Wildman–Crippen LogP) is 1.50. The molecule has 1 aromatic rings. The number of hydrogen-bond acceptors (Lipinski definition) is 2. The summed E-state index contributed by atoms with van der Waals surface area (Å²) in [5, 5.41) is 0.471. The number of carbonyl (C=O) groups is 2. The Morgan fingerprint density at radius 2 is 2.13 bits per heavy atom. The first-order valence-electron chi connectivity index (χ1n) is 4.24. The number of terminal acetylenes is 1. The minimum atomic E-state index is -0.592. The second-order valence-electron chi connectivity index (χ2n) is 3.09. The maximum absolute atomic E-state index is 11.5. The number of halogens is 1. The summed E-state index contributed by atoms with van der Waals surface area (Å²) in [5.41, 5.74) is 0.857. The summed E-state index contributed by atoms with van der Waals surface area (Å²) in [6.45, 7) is 0.0813. The average Bonchev–Trinajstić information content (AvgIpc) is 2.44. The quantitative estimate of drug-likeness (QED) is 0.530. The van der Waals surface area contributed by atoms with Gasteiger partial charge >= 0.3 is 0 Å². The zero-order valence-corrected chi connectivity index (χ0v) is 8.41. The number of ketones is 1. The molecule has 0 radical (unpaired) electrons. The number of Topliss-reactive ketones (excluding diaryl/α,β-unsaturated/α-hetero) is 1. The molecule has 0 fully saturated rings. The Kier molecular flexibility index (Phi) is 2.22. The third-order valence-corrected chi connectivity index (χ3v) is 2.42. The first-order valence-corrected chi connectivity index (χ1v) is 4.62. The smallest absolute Gasteiger partial charge is 0.293 e. The van der Waals surface area contributed by atoms with Crippen molar-refractivity contribution < 1.29 is 9.59 Å². The molecule has 0 atom stereocenters. The fourth-order valence-electron chi connectivity index (χ4n) is 1.52. The largest absolute Gasteiger partial charge is 0.300 e. The van der Waals surface area contributed by atoms with E-state index >= 15 is 0 Å². The molecule has 1 aliphatic rings. The Morgan fingerprint density at radius 1 is 1.40 bits per heavy atom. The van der Waals surface area contributed by atoms with E-state index in [9.17, 15) is 9.59 Å². The molecule has 1 amide bonds. The lowest BCUT2D eigenvalue weighted by molar-refractivity contribution is -0.114. The zero-order valence-electron chi connectivity index (χ0n) is 7.66. The topological polar surface area (TPSA) is 37.4 Å². The van der Waals surface area contributed by atoms with E-state index in [1.165, 1.54) is 11.0 Å². The van der Waals surface area contributed by atoms with Crippen molar-refractivity contribution in [1.29, 1.82) is 0 Å². The predicted molar refractivity (Wildman–Crippen MR) is 57.0 cm³/mol. The lowest BCUT2D eigenvalue weighted by Crippen LogP contribution is -2.29. The fraction of sp³-hybridized carbons (Fsp3) is 0.0909. The van der Waals surface area contributed by atoms with E-state index in [1.54, 1.807) is 12.1 Å². The lowest BCUT2D eigenvalue weighted by atomic mass is 10.1. The van der Waals surface area contributed by atoms with Gasteiger partial charge in [0.2, 0.25) is 0 Å². The summed E-state index contributed by atoms with van der Waals surface area (Å²) in [5.74, 6) is 1.21. The molecular formula is C11H6ClNO2. The van der Waals surface area contributed by atoms with Crippen LogP contribution in [0, 0.1) is 12.3 Å². The van der Waals surface area contributed by atoms with E-state index < -0.39 is 11.7 Å². The Morgan fingerprint density at radius 3 is 2.80 bits per heavy atom. The molecule has 2 rings (SSSR count). The molecular weight excluding hydrogens is 214 g/mol. The van der Waals surface area contributed by atoms with E-state index in [0.717, 1.165) is 0 Å². The van der Waals surface area contributed by atoms with Gasteiger partial charge in [-0.1, -0.05) is 17.5 Å². The van der Waals surface area contributed by atoms with Crippen LogP contribution >= 0.6 is 11.6 Å². The van der Waals surface area contributed by atoms with E-state index in [1.807, 2.05) is 0 Å². The van der Waals surface area contributed by atoms with Gasteiger partial charge in [0, 0.05) is 5.02 Å². The summed E-state index contributed by atoms with van der Waals surface area (Å²) in [6.07, 6.45) is 5.12. The Labute approximate surface area is 91.6 Å². The second-order valence-corrected chi connectivity index (χ2v) is 3.52. The Hall–Kier alpha value is -1.79. The van der Waals surface area contributed by atoms with Crippen LogP contribution in [-0.4, -0.2) is 18.2 Å². The maximum atomic E-state index is 11.5. The van der Waals surface area contributed by atoms with Gasteiger partial charge in [-0.15, -0.1) is 6.42 Å². The van der Waals surface area contributed by atoms with Crippen molar-refractivity contribution in [2.24, 2.45) is 0 Å². The van der Waals surface area contributed by atoms with E-state index in [4.69, 9.17) is 18.0 Å². The summed E-state index contributed by atoms with van der Waals surface area (Å²) < 4.78 is 0. The molecule has 1 aliphatic heterocycles. The minimum absolute atomic E-state index is 0.0813. The van der Waals surface area contributed by atoms with Crippen LogP contribution in [0.1, 0.15) is 10.4 Å². The van der Waals surface area contributed by atoms with Gasteiger partial charge in [-0.05, 0) is 18.2 Å². The summed E-state index contributed by atoms with van der Waals surface area (Å²) in [7, 11) is 0. The van der Waals surface area contributed by atoms with Crippen LogP contribution in [0.2, 0.25) is 5.02 Å². The van der Waals surface area contributed by atoms with Crippen molar-refractivity contribution in [3.63, 3.8) is 0 Å². The standard InChI is InChI=1S/C11H6ClNO2/c1-2-5-13-9-6-7(12)3-4-8(9)10(14)11(13)15/h1,3-4,6H,5H2. The van der Waals surface area contributed by atoms with Crippen molar-refractivity contribution in [3.05, 3.63) is 28.8 Å². The highest BCUT2D eigenvalue weighted by Gasteiger charge is 2.35. The highest BCUT2D eigenvalue weighted by atomic mass is 35.5. The molecule has 15 heavy (non-hydrogen) atoms. The molecule has 0 bridgehead atoms. The molecule has 0 saturated carbocycles. The first-order chi connectivity index (χ1) is 7.15. The number of nitrogens with zero attached hydrogens (tertiary/aromatic N) is 1. The average molecular weight is 220 g/mol. The van der Waals surface area contributed by atoms with Crippen LogP contribution in [0.4, 0.5) is 5.69 Å². The summed E-state index contributed by atoms with van der Waals surface area (Å²) in [6, 6.07) is 4.68. The minimum Gasteiger partial charge on any atom is -0.293 e. The molecule has 0 saturated heterocycles. The molecule has 0 unspecified atom stereocenters. The van der Waals surface area contributed by atoms with Gasteiger partial charge in [0.1, 0.15) is 0 Å². The molecule has 4 heteroatoms. The van der Waals surface area contributed by atoms with Crippen molar-refractivity contribution in [2.75, 3.05) is 11.4 Å². The number of benzene rings is 1. The van der Waals surface area contributed by atoms with Crippen LogP contribution in [0.5, 0.6) is 0 Å². The highest BCUT2D eigenvalue weighted by molar-refractivity contribution is 6.52. The van der Waals surface area contributed by atoms with Crippen LogP contribution in [0.15, 0.2) is 18.2 Å². The highest BCUT2D eigenvalue weighted by Crippen LogP contribution is 2.30. The maximum Gasteiger partial charge on any atom is 0.300 e. The van der Waals surface area contributed by atoms with Crippen molar-refractivity contribution >= 4 is 29.0 Å². The SMILES string of the molecule is C#CCN1C(=O)C(=O)c2ccc(Cl)cc21. The van der Waals surface area contributed by atoms with E-state index in [0.29, 0.717) is 16.3 Å². The Balaban J connectivity index is 2.57. The third-order valence-electron chi connectivity index (χ3n) is 2.18. The van der Waals surface area contributed by atoms with Gasteiger partial charge in [-0.2, -0.15) is 0 Å². The molecule has 0 N–H and O–H groups in total. The molecule has 74 valence electrons. The van der Waals surface area contributed by atoms with E-state index in [-0.39, 0.29) is 6.54 Å². The summed E-state index contributed by atoms with van der Waals surface area (Å²) >= 11 is 5.78. The van der Waals surface area contributed by atoms with Crippen LogP contribution in [0.3, 0.4) is 0 Å². The second kappa shape index (κ2) is 3.41. The number of carbonyl (C=O) groups excluding carboxylic acids is 2. The van der Waals surface area contributed by atoms with Crippen molar-refractivity contribution in [2.45, 2.75) is 0 Å². The molecule has 3 nitrogen and oxygen atoms in total. The molecule has 1 heterocycles. The van der Waals surface area contributed by atoms with Gasteiger partial charge in [-0.3, -0.25) is 14.5 Å². The normalized spacial score (nSPS) is 14.0. The van der Waals surface area contributed by atoms with Gasteiger partial charge in [0.25, 0.3) is 11.7 Å². The first kappa shape index (κ1) is 9.75. The molecule has 0 aliphatic carbocycles. The van der Waals surface area contributed by atoms with Gasteiger partial charge in [-0.25, -0.2) is 0 Å². The number of fused-ring (bicyclic) bond motifs is 1. The molecule has 1 aromatic carbocycles. The van der Waals surface area contributed by atoms with Crippen molar-refractivity contribution in [1.82, 2.24) is 0 Å². The monoisotopic (exact) mass is 219 g/mol. The fourth-order valence-corrected chi connectivity index (χ4v) is 1.68. The van der Waals surface area contributed by atoms with Crippen LogP contribution in [-0.2, 0) is 4.79 Å². The molecule has 0 spiro atoms. The number of amides is 1. The number of rotatable bonds is 1. The van der Waals surface area contributed by atoms with Crippen molar-refractivity contribution in [3.8, 4) is 12.3 Å². The van der Waals surface area contributed by atoms with Gasteiger partial charge in [0.15, 0.2) is 0 Å². The zero-order chi connectivity index (χ0) is 11.0. The number of anilines is 1. The van der Waals surface area contributed by atoms with E-state index in [2.05, 4.69) is 5.92 Å². The van der Waals surface area contributed by atoms with Crippen LogP contribution < -0.4 is 4.90 Å². The van der Waals surface area contributed by atoms with Gasteiger partial charge < -0.3 is 0 Å². The Bertz CT molecular complexity index is 502. The lowest BCUT2D eigenvalue weighted by Gasteiger charge is -2.12. The number of hydrogen-bond donors (Lipinski definition) is 0. The third kappa shape index (κ3) is 1.39. The van der Waals surface area contributed by atoms with Crippen LogP contribution in [0.25, 0.3) is 0 Å². The summed E-state index contributed by atoms with van der Waals surface area (Å²) in [4.78, 5) is 24.2.